The molecular weight excluding hydrogens is 272 g/mol. The van der Waals surface area contributed by atoms with Crippen molar-refractivity contribution >= 4 is 17.5 Å². The fraction of sp³-hybridized carbons (Fsp3) is 0.571. The summed E-state index contributed by atoms with van der Waals surface area (Å²) in [5, 5.41) is 2.69. The molecule has 2 amide bonds. The monoisotopic (exact) mass is 294 g/mol. The predicted octanol–water partition coefficient (Wildman–Crippen LogP) is 0.240. The first kappa shape index (κ1) is 15.4. The van der Waals surface area contributed by atoms with Crippen LogP contribution in [0, 0.1) is 0 Å². The van der Waals surface area contributed by atoms with Gasteiger partial charge < -0.3 is 25.3 Å². The number of carbonyl (C=O) groups is 2. The molecule has 3 N–H and O–H groups in total. The van der Waals surface area contributed by atoms with Crippen LogP contribution in [0.2, 0.25) is 0 Å². The molecule has 1 aromatic rings. The highest BCUT2D eigenvalue weighted by molar-refractivity contribution is 5.96. The Morgan fingerprint density at radius 2 is 2.24 bits per heavy atom. The molecular formula is C14H22N4O3. The zero-order chi connectivity index (χ0) is 15.4. The molecule has 7 heteroatoms. The van der Waals surface area contributed by atoms with Crippen LogP contribution in [-0.4, -0.2) is 55.1 Å². The molecule has 1 saturated carbocycles. The molecule has 0 unspecified atom stereocenters. The van der Waals surface area contributed by atoms with Crippen LogP contribution in [0.15, 0.2) is 12.3 Å². The highest BCUT2D eigenvalue weighted by atomic mass is 16.5. The van der Waals surface area contributed by atoms with Crippen LogP contribution in [0.3, 0.4) is 0 Å². The summed E-state index contributed by atoms with van der Waals surface area (Å²) in [6.07, 6.45) is 3.92. The quantitative estimate of drug-likeness (QED) is 0.705. The van der Waals surface area contributed by atoms with Gasteiger partial charge in [-0.15, -0.1) is 0 Å². The number of ether oxygens (including phenoxy) is 1. The van der Waals surface area contributed by atoms with E-state index in [1.807, 2.05) is 4.57 Å². The zero-order valence-corrected chi connectivity index (χ0v) is 12.5. The van der Waals surface area contributed by atoms with Crippen molar-refractivity contribution in [2.24, 2.45) is 0 Å². The molecule has 7 nitrogen and oxygen atoms in total. The lowest BCUT2D eigenvalue weighted by molar-refractivity contribution is -0.121. The summed E-state index contributed by atoms with van der Waals surface area (Å²) in [7, 11) is 3.18. The second-order valence-corrected chi connectivity index (χ2v) is 5.30. The molecule has 2 rings (SSSR count). The number of nitrogens with one attached hydrogen (secondary N) is 1. The molecule has 1 aliphatic carbocycles. The molecule has 116 valence electrons. The largest absolute Gasteiger partial charge is 0.397 e. The van der Waals surface area contributed by atoms with E-state index in [1.165, 1.54) is 4.90 Å². The van der Waals surface area contributed by atoms with E-state index >= 15 is 0 Å². The van der Waals surface area contributed by atoms with Gasteiger partial charge in [-0.05, 0) is 18.9 Å². The van der Waals surface area contributed by atoms with Crippen molar-refractivity contribution in [3.8, 4) is 0 Å². The molecule has 0 aromatic carbocycles. The number of carbonyl (C=O) groups excluding carboxylic acids is 2. The average molecular weight is 294 g/mol. The van der Waals surface area contributed by atoms with E-state index in [-0.39, 0.29) is 18.4 Å². The van der Waals surface area contributed by atoms with Gasteiger partial charge in [0, 0.05) is 32.9 Å². The maximum atomic E-state index is 12.4. The number of methoxy groups -OCH3 is 1. The molecule has 0 atom stereocenters. The first-order valence-electron chi connectivity index (χ1n) is 7.01. The maximum Gasteiger partial charge on any atom is 0.270 e. The van der Waals surface area contributed by atoms with Gasteiger partial charge in [-0.1, -0.05) is 0 Å². The summed E-state index contributed by atoms with van der Waals surface area (Å²) < 4.78 is 6.77. The van der Waals surface area contributed by atoms with E-state index in [0.717, 1.165) is 12.8 Å². The second-order valence-electron chi connectivity index (χ2n) is 5.30. The third-order valence-electron chi connectivity index (χ3n) is 3.38. The minimum Gasteiger partial charge on any atom is -0.397 e. The predicted molar refractivity (Wildman–Crippen MR) is 79.0 cm³/mol. The summed E-state index contributed by atoms with van der Waals surface area (Å²) in [6, 6.07) is 2.03. The van der Waals surface area contributed by atoms with Crippen LogP contribution in [0.1, 0.15) is 29.4 Å². The van der Waals surface area contributed by atoms with E-state index in [2.05, 4.69) is 5.32 Å². The van der Waals surface area contributed by atoms with Gasteiger partial charge in [-0.25, -0.2) is 0 Å². The number of rotatable bonds is 7. The fourth-order valence-corrected chi connectivity index (χ4v) is 2.16. The van der Waals surface area contributed by atoms with Gasteiger partial charge >= 0.3 is 0 Å². The van der Waals surface area contributed by atoms with Gasteiger partial charge in [0.05, 0.1) is 18.8 Å². The SMILES string of the molecule is COCCNC(=O)CN(C)C(=O)c1cc(N)cn1C1CC1. The van der Waals surface area contributed by atoms with E-state index in [9.17, 15) is 9.59 Å². The Morgan fingerprint density at radius 3 is 2.86 bits per heavy atom. The summed E-state index contributed by atoms with van der Waals surface area (Å²) in [5.41, 5.74) is 6.90. The smallest absolute Gasteiger partial charge is 0.270 e. The van der Waals surface area contributed by atoms with Crippen molar-refractivity contribution in [1.29, 1.82) is 0 Å². The maximum absolute atomic E-state index is 12.4. The molecule has 1 aliphatic rings. The summed E-state index contributed by atoms with van der Waals surface area (Å²) in [6.45, 7) is 0.894. The van der Waals surface area contributed by atoms with Gasteiger partial charge in [0.15, 0.2) is 0 Å². The molecule has 0 bridgehead atoms. The number of nitrogens with two attached hydrogens (primary N) is 1. The van der Waals surface area contributed by atoms with E-state index < -0.39 is 0 Å². The Labute approximate surface area is 124 Å². The fourth-order valence-electron chi connectivity index (χ4n) is 2.16. The first-order valence-corrected chi connectivity index (χ1v) is 7.01. The number of aromatic nitrogens is 1. The lowest BCUT2D eigenvalue weighted by Gasteiger charge is -2.18. The van der Waals surface area contributed by atoms with Gasteiger partial charge in [0.25, 0.3) is 5.91 Å². The van der Waals surface area contributed by atoms with Crippen LogP contribution in [0.5, 0.6) is 0 Å². The van der Waals surface area contributed by atoms with Crippen molar-refractivity contribution in [2.75, 3.05) is 39.6 Å². The molecule has 1 aromatic heterocycles. The molecule has 0 saturated heterocycles. The minimum absolute atomic E-state index is 0.0122. The van der Waals surface area contributed by atoms with E-state index in [1.54, 1.807) is 26.4 Å². The van der Waals surface area contributed by atoms with Crippen molar-refractivity contribution in [2.45, 2.75) is 18.9 Å². The Hall–Kier alpha value is -2.02. The number of anilines is 1. The van der Waals surface area contributed by atoms with Crippen LogP contribution < -0.4 is 11.1 Å². The van der Waals surface area contributed by atoms with Crippen LogP contribution >= 0.6 is 0 Å². The van der Waals surface area contributed by atoms with Gasteiger partial charge in [-0.2, -0.15) is 0 Å². The Bertz CT molecular complexity index is 522. The summed E-state index contributed by atoms with van der Waals surface area (Å²) in [5.74, 6) is -0.402. The number of nitrogen functional groups attached to an aromatic ring is 1. The number of amides is 2. The van der Waals surface area contributed by atoms with Crippen LogP contribution in [-0.2, 0) is 9.53 Å². The average Bonchev–Trinajstić information content (AvgIpc) is 3.21. The van der Waals surface area contributed by atoms with Crippen LogP contribution in [0.4, 0.5) is 5.69 Å². The van der Waals surface area contributed by atoms with Crippen molar-refractivity contribution in [3.05, 3.63) is 18.0 Å². The van der Waals surface area contributed by atoms with Gasteiger partial charge in [0.1, 0.15) is 5.69 Å². The summed E-state index contributed by atoms with van der Waals surface area (Å²) >= 11 is 0. The van der Waals surface area contributed by atoms with Gasteiger partial charge in [0.2, 0.25) is 5.91 Å². The molecule has 1 fully saturated rings. The Balaban J connectivity index is 1.94. The molecule has 1 heterocycles. The van der Waals surface area contributed by atoms with Crippen molar-refractivity contribution in [1.82, 2.24) is 14.8 Å². The third-order valence-corrected chi connectivity index (χ3v) is 3.38. The number of hydrogen-bond donors (Lipinski definition) is 2. The first-order chi connectivity index (χ1) is 10.0. The number of nitrogens with zero attached hydrogens (tertiary/aromatic N) is 2. The van der Waals surface area contributed by atoms with Crippen molar-refractivity contribution in [3.63, 3.8) is 0 Å². The normalized spacial score (nSPS) is 14.0. The Morgan fingerprint density at radius 1 is 1.52 bits per heavy atom. The highest BCUT2D eigenvalue weighted by Crippen LogP contribution is 2.37. The van der Waals surface area contributed by atoms with Gasteiger partial charge in [-0.3, -0.25) is 9.59 Å². The lowest BCUT2D eigenvalue weighted by Crippen LogP contribution is -2.39. The van der Waals surface area contributed by atoms with E-state index in [4.69, 9.17) is 10.5 Å². The van der Waals surface area contributed by atoms with Crippen molar-refractivity contribution < 1.29 is 14.3 Å². The Kier molecular flexibility index (Phi) is 4.85. The standard InChI is InChI=1S/C14H22N4O3/c1-17(9-13(19)16-5-6-21-2)14(20)12-7-10(15)8-18(12)11-3-4-11/h7-8,11H,3-6,9,15H2,1-2H3,(H,16,19). The third kappa shape index (κ3) is 3.98. The summed E-state index contributed by atoms with van der Waals surface area (Å²) in [4.78, 5) is 25.5. The topological polar surface area (TPSA) is 89.6 Å². The highest BCUT2D eigenvalue weighted by Gasteiger charge is 2.29. The van der Waals surface area contributed by atoms with E-state index in [0.29, 0.717) is 30.6 Å². The molecule has 0 aliphatic heterocycles. The lowest BCUT2D eigenvalue weighted by atomic mass is 10.3. The number of likely N-dealkylation sites (N-methyl/N-ethyl adjacent to an activating group) is 1. The number of hydrogen-bond acceptors (Lipinski definition) is 4. The molecule has 0 radical (unpaired) electrons. The second kappa shape index (κ2) is 6.62. The molecule has 21 heavy (non-hydrogen) atoms. The minimum atomic E-state index is -0.208. The van der Waals surface area contributed by atoms with Crippen LogP contribution in [0.25, 0.3) is 0 Å². The molecule has 0 spiro atoms. The zero-order valence-electron chi connectivity index (χ0n) is 12.5.